The second kappa shape index (κ2) is 6.99. The SMILES string of the molecule is CCCCN1C(=O)C(O)=C(C(=O)C(C)C)C1c1ccccc1C. The Balaban J connectivity index is 2.55. The highest BCUT2D eigenvalue weighted by molar-refractivity contribution is 6.09. The molecule has 124 valence electrons. The maximum absolute atomic E-state index is 12.6. The van der Waals surface area contributed by atoms with E-state index in [1.165, 1.54) is 0 Å². The van der Waals surface area contributed by atoms with E-state index >= 15 is 0 Å². The standard InChI is InChI=1S/C19H25NO3/c1-5-6-11-20-16(14-10-8-7-9-13(14)4)15(17(21)12(2)3)18(22)19(20)23/h7-10,12,16,22H,5-6,11H2,1-4H3. The van der Waals surface area contributed by atoms with Gasteiger partial charge in [0.15, 0.2) is 11.5 Å². The molecule has 0 fully saturated rings. The molecular formula is C19H25NO3. The summed E-state index contributed by atoms with van der Waals surface area (Å²) in [5.41, 5.74) is 2.16. The number of ketones is 1. The van der Waals surface area contributed by atoms with Crippen LogP contribution in [-0.2, 0) is 9.59 Å². The number of benzene rings is 1. The van der Waals surface area contributed by atoms with E-state index in [0.29, 0.717) is 6.54 Å². The van der Waals surface area contributed by atoms with Crippen LogP contribution >= 0.6 is 0 Å². The van der Waals surface area contributed by atoms with Crippen LogP contribution in [0.25, 0.3) is 0 Å². The maximum Gasteiger partial charge on any atom is 0.290 e. The second-order valence-corrected chi connectivity index (χ2v) is 6.39. The number of carbonyl (C=O) groups excluding carboxylic acids is 2. The van der Waals surface area contributed by atoms with Gasteiger partial charge in [0.05, 0.1) is 11.6 Å². The Morgan fingerprint density at radius 3 is 2.52 bits per heavy atom. The fourth-order valence-electron chi connectivity index (χ4n) is 2.99. The first kappa shape index (κ1) is 17.3. The highest BCUT2D eigenvalue weighted by atomic mass is 16.3. The Hall–Kier alpha value is -2.10. The van der Waals surface area contributed by atoms with E-state index in [-0.39, 0.29) is 23.0 Å². The Morgan fingerprint density at radius 2 is 1.96 bits per heavy atom. The van der Waals surface area contributed by atoms with E-state index in [1.54, 1.807) is 18.7 Å². The number of hydrogen-bond donors (Lipinski definition) is 1. The van der Waals surface area contributed by atoms with Gasteiger partial charge in [-0.2, -0.15) is 0 Å². The van der Waals surface area contributed by atoms with E-state index in [1.807, 2.05) is 31.2 Å². The molecule has 1 aliphatic heterocycles. The van der Waals surface area contributed by atoms with Gasteiger partial charge < -0.3 is 10.0 Å². The van der Waals surface area contributed by atoms with Gasteiger partial charge in [-0.05, 0) is 24.5 Å². The molecule has 0 saturated heterocycles. The summed E-state index contributed by atoms with van der Waals surface area (Å²) in [5, 5.41) is 10.3. The van der Waals surface area contributed by atoms with Crippen LogP contribution in [0.2, 0.25) is 0 Å². The first-order valence-electron chi connectivity index (χ1n) is 8.24. The quantitative estimate of drug-likeness (QED) is 0.870. The smallest absolute Gasteiger partial charge is 0.290 e. The second-order valence-electron chi connectivity index (χ2n) is 6.39. The molecule has 1 N–H and O–H groups in total. The van der Waals surface area contributed by atoms with Crippen molar-refractivity contribution in [3.05, 3.63) is 46.7 Å². The summed E-state index contributed by atoms with van der Waals surface area (Å²) in [6, 6.07) is 7.24. The molecule has 1 aliphatic rings. The van der Waals surface area contributed by atoms with Crippen molar-refractivity contribution >= 4 is 11.7 Å². The summed E-state index contributed by atoms with van der Waals surface area (Å²) in [6.45, 7) is 8.13. The average molecular weight is 315 g/mol. The summed E-state index contributed by atoms with van der Waals surface area (Å²) in [5.74, 6) is -1.25. The molecule has 4 nitrogen and oxygen atoms in total. The Kier molecular flexibility index (Phi) is 5.24. The third-order valence-electron chi connectivity index (χ3n) is 4.33. The molecule has 1 unspecified atom stereocenters. The monoisotopic (exact) mass is 315 g/mol. The molecule has 1 atom stereocenters. The zero-order valence-electron chi connectivity index (χ0n) is 14.3. The topological polar surface area (TPSA) is 57.6 Å². The van der Waals surface area contributed by atoms with Crippen molar-refractivity contribution in [2.75, 3.05) is 6.54 Å². The fraction of sp³-hybridized carbons (Fsp3) is 0.474. The molecular weight excluding hydrogens is 290 g/mol. The predicted molar refractivity (Wildman–Crippen MR) is 90.0 cm³/mol. The summed E-state index contributed by atoms with van der Waals surface area (Å²) in [6.07, 6.45) is 1.78. The minimum Gasteiger partial charge on any atom is -0.503 e. The van der Waals surface area contributed by atoms with Gasteiger partial charge >= 0.3 is 0 Å². The largest absolute Gasteiger partial charge is 0.503 e. The van der Waals surface area contributed by atoms with E-state index in [0.717, 1.165) is 24.0 Å². The minimum atomic E-state index is -0.481. The highest BCUT2D eigenvalue weighted by Crippen LogP contribution is 2.40. The van der Waals surface area contributed by atoms with Gasteiger partial charge in [-0.15, -0.1) is 0 Å². The molecule has 0 saturated carbocycles. The first-order chi connectivity index (χ1) is 10.9. The van der Waals surface area contributed by atoms with Gasteiger partial charge in [-0.1, -0.05) is 51.5 Å². The molecule has 0 spiro atoms. The average Bonchev–Trinajstić information content (AvgIpc) is 2.76. The lowest BCUT2D eigenvalue weighted by atomic mass is 9.89. The number of Topliss-reactive ketones (excluding diaryl/α,β-unsaturated/α-hetero) is 1. The van der Waals surface area contributed by atoms with Crippen molar-refractivity contribution in [1.29, 1.82) is 0 Å². The van der Waals surface area contributed by atoms with Gasteiger partial charge in [0.1, 0.15) is 0 Å². The summed E-state index contributed by atoms with van der Waals surface area (Å²) in [4.78, 5) is 26.8. The number of carbonyl (C=O) groups is 2. The molecule has 0 radical (unpaired) electrons. The fourth-order valence-corrected chi connectivity index (χ4v) is 2.99. The normalized spacial score (nSPS) is 18.2. The third kappa shape index (κ3) is 3.16. The van der Waals surface area contributed by atoms with Crippen LogP contribution in [0.15, 0.2) is 35.6 Å². The van der Waals surface area contributed by atoms with Gasteiger partial charge in [0.25, 0.3) is 5.91 Å². The number of hydrogen-bond acceptors (Lipinski definition) is 3. The number of aryl methyl sites for hydroxylation is 1. The Bertz CT molecular complexity index is 646. The Morgan fingerprint density at radius 1 is 1.30 bits per heavy atom. The van der Waals surface area contributed by atoms with Crippen molar-refractivity contribution in [3.8, 4) is 0 Å². The zero-order valence-corrected chi connectivity index (χ0v) is 14.3. The molecule has 0 aromatic heterocycles. The number of aliphatic hydroxyl groups excluding tert-OH is 1. The molecule has 23 heavy (non-hydrogen) atoms. The zero-order chi connectivity index (χ0) is 17.1. The van der Waals surface area contributed by atoms with Crippen LogP contribution in [0.1, 0.15) is 50.8 Å². The van der Waals surface area contributed by atoms with Crippen molar-refractivity contribution in [1.82, 2.24) is 4.90 Å². The maximum atomic E-state index is 12.6. The lowest BCUT2D eigenvalue weighted by molar-refractivity contribution is -0.129. The highest BCUT2D eigenvalue weighted by Gasteiger charge is 2.43. The van der Waals surface area contributed by atoms with E-state index in [4.69, 9.17) is 0 Å². The third-order valence-corrected chi connectivity index (χ3v) is 4.33. The lowest BCUT2D eigenvalue weighted by Crippen LogP contribution is -2.32. The van der Waals surface area contributed by atoms with Crippen LogP contribution in [0.5, 0.6) is 0 Å². The van der Waals surface area contributed by atoms with Crippen molar-refractivity contribution in [2.45, 2.75) is 46.6 Å². The van der Waals surface area contributed by atoms with Crippen LogP contribution < -0.4 is 0 Å². The molecule has 1 aromatic rings. The van der Waals surface area contributed by atoms with E-state index < -0.39 is 11.9 Å². The summed E-state index contributed by atoms with van der Waals surface area (Å²) >= 11 is 0. The van der Waals surface area contributed by atoms with Crippen LogP contribution in [0.4, 0.5) is 0 Å². The number of unbranched alkanes of at least 4 members (excludes halogenated alkanes) is 1. The van der Waals surface area contributed by atoms with Crippen LogP contribution in [0.3, 0.4) is 0 Å². The number of nitrogens with zero attached hydrogens (tertiary/aromatic N) is 1. The van der Waals surface area contributed by atoms with Gasteiger partial charge in [-0.3, -0.25) is 9.59 Å². The molecule has 2 rings (SSSR count). The van der Waals surface area contributed by atoms with Gasteiger partial charge in [-0.25, -0.2) is 0 Å². The lowest BCUT2D eigenvalue weighted by Gasteiger charge is -2.28. The van der Waals surface area contributed by atoms with Gasteiger partial charge in [0, 0.05) is 12.5 Å². The number of amides is 1. The molecule has 1 aromatic carbocycles. The molecule has 1 amide bonds. The minimum absolute atomic E-state index is 0.164. The molecule has 1 heterocycles. The predicted octanol–water partition coefficient (Wildman–Crippen LogP) is 3.72. The molecule has 0 aliphatic carbocycles. The van der Waals surface area contributed by atoms with E-state index in [9.17, 15) is 14.7 Å². The molecule has 0 bridgehead atoms. The van der Waals surface area contributed by atoms with Crippen molar-refractivity contribution < 1.29 is 14.7 Å². The number of rotatable bonds is 6. The number of aliphatic hydroxyl groups is 1. The van der Waals surface area contributed by atoms with Crippen LogP contribution in [0, 0.1) is 12.8 Å². The van der Waals surface area contributed by atoms with E-state index in [2.05, 4.69) is 6.92 Å². The Labute approximate surface area is 137 Å². The summed E-state index contributed by atoms with van der Waals surface area (Å²) < 4.78 is 0. The molecule has 4 heteroatoms. The first-order valence-corrected chi connectivity index (χ1v) is 8.24. The van der Waals surface area contributed by atoms with Crippen molar-refractivity contribution in [2.24, 2.45) is 5.92 Å². The summed E-state index contributed by atoms with van der Waals surface area (Å²) in [7, 11) is 0. The van der Waals surface area contributed by atoms with Gasteiger partial charge in [0.2, 0.25) is 0 Å². The van der Waals surface area contributed by atoms with Crippen LogP contribution in [-0.4, -0.2) is 28.2 Å². The van der Waals surface area contributed by atoms with Crippen molar-refractivity contribution in [3.63, 3.8) is 0 Å².